The third-order valence-corrected chi connectivity index (χ3v) is 7.72. The van der Waals surface area contributed by atoms with Gasteiger partial charge in [0.2, 0.25) is 11.0 Å². The van der Waals surface area contributed by atoms with Crippen molar-refractivity contribution in [3.8, 4) is 0 Å². The van der Waals surface area contributed by atoms with Crippen LogP contribution in [0.25, 0.3) is 0 Å². The summed E-state index contributed by atoms with van der Waals surface area (Å²) >= 11 is 1.24. The summed E-state index contributed by atoms with van der Waals surface area (Å²) in [6.45, 7) is 2.48. The van der Waals surface area contributed by atoms with E-state index in [4.69, 9.17) is 0 Å². The minimum Gasteiger partial charge on any atom is -0.311 e. The SMILES string of the molecule is Cc1ccccc1N1CC(c2nnc(NC(=O)c3ccc(N4C(=O)c5ccccc5C4=O)cc3)s2)CC1=O. The Bertz CT molecular complexity index is 1580. The van der Waals surface area contributed by atoms with Gasteiger partial charge in [-0.2, -0.15) is 0 Å². The predicted octanol–water partition coefficient (Wildman–Crippen LogP) is 4.42. The minimum absolute atomic E-state index is 0.0308. The van der Waals surface area contributed by atoms with Crippen molar-refractivity contribution < 1.29 is 19.2 Å². The average molecular weight is 524 g/mol. The molecule has 3 heterocycles. The Kier molecular flexibility index (Phi) is 5.80. The number of rotatable bonds is 5. The van der Waals surface area contributed by atoms with Gasteiger partial charge in [-0.25, -0.2) is 4.90 Å². The van der Waals surface area contributed by atoms with Gasteiger partial charge in [0, 0.05) is 30.1 Å². The normalized spacial score (nSPS) is 16.8. The second-order valence-electron chi connectivity index (χ2n) is 9.13. The zero-order valence-corrected chi connectivity index (χ0v) is 21.1. The lowest BCUT2D eigenvalue weighted by atomic mass is 10.1. The molecule has 0 bridgehead atoms. The number of fused-ring (bicyclic) bond motifs is 1. The molecule has 3 aromatic carbocycles. The fraction of sp³-hybridized carbons (Fsp3) is 0.143. The lowest BCUT2D eigenvalue weighted by Crippen LogP contribution is -2.29. The van der Waals surface area contributed by atoms with Crippen LogP contribution >= 0.6 is 11.3 Å². The number of para-hydroxylation sites is 1. The molecule has 38 heavy (non-hydrogen) atoms. The maximum absolute atomic E-state index is 12.8. The molecule has 9 nitrogen and oxygen atoms in total. The molecule has 6 rings (SSSR count). The number of carbonyl (C=O) groups is 4. The standard InChI is InChI=1S/C28H21N5O4S/c1-16-6-2-5-9-22(16)32-15-18(14-23(32)34)25-30-31-28(38-25)29-24(35)17-10-12-19(13-11-17)33-26(36)20-7-3-4-8-21(20)27(33)37/h2-13,18H,14-15H2,1H3,(H,29,31,35). The van der Waals surface area contributed by atoms with Crippen molar-refractivity contribution in [2.24, 2.45) is 0 Å². The van der Waals surface area contributed by atoms with Crippen LogP contribution in [-0.2, 0) is 4.79 Å². The second kappa shape index (κ2) is 9.31. The smallest absolute Gasteiger partial charge is 0.266 e. The summed E-state index contributed by atoms with van der Waals surface area (Å²) < 4.78 is 0. The molecule has 1 saturated heterocycles. The predicted molar refractivity (Wildman–Crippen MR) is 143 cm³/mol. The van der Waals surface area contributed by atoms with Crippen LogP contribution in [0.2, 0.25) is 0 Å². The van der Waals surface area contributed by atoms with Crippen LogP contribution in [0.1, 0.15) is 54.0 Å². The Balaban J connectivity index is 1.12. The van der Waals surface area contributed by atoms with Crippen LogP contribution in [0, 0.1) is 6.92 Å². The van der Waals surface area contributed by atoms with Crippen LogP contribution in [-0.4, -0.2) is 40.4 Å². The molecule has 0 aliphatic carbocycles. The first-order chi connectivity index (χ1) is 18.4. The summed E-state index contributed by atoms with van der Waals surface area (Å²) in [5.41, 5.74) is 3.36. The molecule has 1 N–H and O–H groups in total. The molecule has 4 aromatic rings. The fourth-order valence-electron chi connectivity index (χ4n) is 4.78. The molecule has 0 radical (unpaired) electrons. The van der Waals surface area contributed by atoms with Crippen molar-refractivity contribution >= 4 is 51.5 Å². The number of nitrogens with zero attached hydrogens (tertiary/aromatic N) is 4. The topological polar surface area (TPSA) is 113 Å². The van der Waals surface area contributed by atoms with E-state index in [0.29, 0.717) is 45.5 Å². The molecular formula is C28H21N5O4S. The highest BCUT2D eigenvalue weighted by molar-refractivity contribution is 7.15. The maximum atomic E-state index is 12.8. The van der Waals surface area contributed by atoms with Gasteiger partial charge in [-0.3, -0.25) is 24.5 Å². The van der Waals surface area contributed by atoms with E-state index in [-0.39, 0.29) is 11.8 Å². The van der Waals surface area contributed by atoms with Crippen LogP contribution < -0.4 is 15.1 Å². The number of aromatic nitrogens is 2. The number of aryl methyl sites for hydroxylation is 1. The van der Waals surface area contributed by atoms with Crippen molar-refractivity contribution in [1.29, 1.82) is 0 Å². The van der Waals surface area contributed by atoms with Gasteiger partial charge in [0.25, 0.3) is 17.7 Å². The van der Waals surface area contributed by atoms with Crippen molar-refractivity contribution in [1.82, 2.24) is 10.2 Å². The first kappa shape index (κ1) is 23.7. The number of hydrogen-bond donors (Lipinski definition) is 1. The first-order valence-corrected chi connectivity index (χ1v) is 12.8. The van der Waals surface area contributed by atoms with Gasteiger partial charge in [0.15, 0.2) is 0 Å². The van der Waals surface area contributed by atoms with Crippen molar-refractivity contribution in [2.45, 2.75) is 19.3 Å². The van der Waals surface area contributed by atoms with Gasteiger partial charge in [-0.1, -0.05) is 41.7 Å². The third-order valence-electron chi connectivity index (χ3n) is 6.72. The number of amides is 4. The van der Waals surface area contributed by atoms with E-state index in [0.717, 1.165) is 16.2 Å². The van der Waals surface area contributed by atoms with Crippen molar-refractivity contribution in [3.63, 3.8) is 0 Å². The molecule has 1 aromatic heterocycles. The van der Waals surface area contributed by atoms with Crippen LogP contribution in [0.15, 0.2) is 72.8 Å². The van der Waals surface area contributed by atoms with Crippen LogP contribution in [0.4, 0.5) is 16.5 Å². The Hall–Kier alpha value is -4.70. The average Bonchev–Trinajstić information content (AvgIpc) is 3.61. The number of imide groups is 1. The summed E-state index contributed by atoms with van der Waals surface area (Å²) in [7, 11) is 0. The quantitative estimate of drug-likeness (QED) is 0.388. The number of benzene rings is 3. The van der Waals surface area contributed by atoms with Crippen molar-refractivity contribution in [3.05, 3.63) is 100 Å². The number of carbonyl (C=O) groups excluding carboxylic acids is 4. The number of nitrogens with one attached hydrogen (secondary N) is 1. The molecule has 1 atom stereocenters. The molecule has 0 spiro atoms. The molecule has 1 unspecified atom stereocenters. The highest BCUT2D eigenvalue weighted by atomic mass is 32.1. The molecule has 10 heteroatoms. The van der Waals surface area contributed by atoms with Crippen LogP contribution in [0.3, 0.4) is 0 Å². The van der Waals surface area contributed by atoms with Gasteiger partial charge >= 0.3 is 0 Å². The second-order valence-corrected chi connectivity index (χ2v) is 10.1. The van der Waals surface area contributed by atoms with Gasteiger partial charge in [-0.05, 0) is 55.0 Å². The molecule has 2 aliphatic heterocycles. The highest BCUT2D eigenvalue weighted by Gasteiger charge is 2.36. The Labute approximate surface area is 221 Å². The summed E-state index contributed by atoms with van der Waals surface area (Å²) in [5, 5.41) is 12.1. The zero-order valence-electron chi connectivity index (χ0n) is 20.2. The zero-order chi connectivity index (χ0) is 26.4. The lowest BCUT2D eigenvalue weighted by Gasteiger charge is -2.18. The summed E-state index contributed by atoms with van der Waals surface area (Å²) in [5.74, 6) is -1.26. The summed E-state index contributed by atoms with van der Waals surface area (Å²) in [6, 6.07) is 20.6. The summed E-state index contributed by atoms with van der Waals surface area (Å²) in [6.07, 6.45) is 0.330. The molecule has 2 aliphatic rings. The maximum Gasteiger partial charge on any atom is 0.266 e. The molecule has 1 fully saturated rings. The highest BCUT2D eigenvalue weighted by Crippen LogP contribution is 2.35. The van der Waals surface area contributed by atoms with E-state index in [9.17, 15) is 19.2 Å². The van der Waals surface area contributed by atoms with E-state index >= 15 is 0 Å². The van der Waals surface area contributed by atoms with E-state index in [2.05, 4.69) is 15.5 Å². The molecular weight excluding hydrogens is 502 g/mol. The minimum atomic E-state index is -0.398. The first-order valence-electron chi connectivity index (χ1n) is 12.0. The fourth-order valence-corrected chi connectivity index (χ4v) is 5.61. The van der Waals surface area contributed by atoms with Gasteiger partial charge in [0.05, 0.1) is 16.8 Å². The molecule has 188 valence electrons. The van der Waals surface area contributed by atoms with E-state index in [1.165, 1.54) is 11.3 Å². The Morgan fingerprint density at radius 3 is 2.24 bits per heavy atom. The Morgan fingerprint density at radius 1 is 0.895 bits per heavy atom. The van der Waals surface area contributed by atoms with Gasteiger partial charge in [-0.15, -0.1) is 10.2 Å². The van der Waals surface area contributed by atoms with Gasteiger partial charge < -0.3 is 4.90 Å². The molecule has 4 amide bonds. The summed E-state index contributed by atoms with van der Waals surface area (Å²) in [4.78, 5) is 53.8. The number of hydrogen-bond acceptors (Lipinski definition) is 7. The largest absolute Gasteiger partial charge is 0.311 e. The Morgan fingerprint density at radius 2 is 1.55 bits per heavy atom. The lowest BCUT2D eigenvalue weighted by molar-refractivity contribution is -0.117. The monoisotopic (exact) mass is 523 g/mol. The van der Waals surface area contributed by atoms with E-state index in [1.807, 2.05) is 31.2 Å². The molecule has 0 saturated carbocycles. The third kappa shape index (κ3) is 4.04. The van der Waals surface area contributed by atoms with Crippen LogP contribution in [0.5, 0.6) is 0 Å². The van der Waals surface area contributed by atoms with E-state index < -0.39 is 17.7 Å². The number of anilines is 3. The van der Waals surface area contributed by atoms with Crippen molar-refractivity contribution in [2.75, 3.05) is 21.7 Å². The van der Waals surface area contributed by atoms with E-state index in [1.54, 1.807) is 53.4 Å². The van der Waals surface area contributed by atoms with Gasteiger partial charge in [0.1, 0.15) is 5.01 Å².